The van der Waals surface area contributed by atoms with Crippen LogP contribution in [0.5, 0.6) is 0 Å². The zero-order valence-corrected chi connectivity index (χ0v) is 16.3. The fraction of sp³-hybridized carbons (Fsp3) is 0.474. The van der Waals surface area contributed by atoms with Crippen LogP contribution in [0, 0.1) is 0 Å². The Morgan fingerprint density at radius 3 is 2.64 bits per heavy atom. The van der Waals surface area contributed by atoms with Crippen LogP contribution < -0.4 is 10.9 Å². The third-order valence-electron chi connectivity index (χ3n) is 4.66. The molecule has 0 spiro atoms. The van der Waals surface area contributed by atoms with Crippen molar-refractivity contribution in [3.8, 4) is 0 Å². The zero-order valence-electron chi connectivity index (χ0n) is 14.7. The van der Waals surface area contributed by atoms with Gasteiger partial charge < -0.3 is 5.32 Å². The van der Waals surface area contributed by atoms with Gasteiger partial charge in [0.2, 0.25) is 0 Å². The van der Waals surface area contributed by atoms with E-state index in [1.165, 1.54) is 54.6 Å². The summed E-state index contributed by atoms with van der Waals surface area (Å²) in [5.74, 6) is 0. The molecule has 1 saturated heterocycles. The Labute approximate surface area is 157 Å². The molecule has 1 aromatic heterocycles. The van der Waals surface area contributed by atoms with Crippen molar-refractivity contribution in [1.82, 2.24) is 14.7 Å². The Balaban J connectivity index is 1.63. The van der Waals surface area contributed by atoms with Crippen molar-refractivity contribution in [2.45, 2.75) is 38.8 Å². The fourth-order valence-electron chi connectivity index (χ4n) is 3.22. The molecule has 5 nitrogen and oxygen atoms in total. The molecular formula is C19H25BrN4O. The Kier molecular flexibility index (Phi) is 6.26. The van der Waals surface area contributed by atoms with Crippen molar-refractivity contribution >= 4 is 21.6 Å². The van der Waals surface area contributed by atoms with Crippen molar-refractivity contribution in [1.29, 1.82) is 0 Å². The van der Waals surface area contributed by atoms with Gasteiger partial charge in [-0.1, -0.05) is 37.1 Å². The average molecular weight is 405 g/mol. The van der Waals surface area contributed by atoms with Gasteiger partial charge in [-0.05, 0) is 53.0 Å². The minimum absolute atomic E-state index is 0.139. The lowest BCUT2D eigenvalue weighted by Gasteiger charge is -2.20. The normalized spacial score (nSPS) is 15.8. The first-order chi connectivity index (χ1) is 12.1. The lowest BCUT2D eigenvalue weighted by molar-refractivity contribution is 0.277. The highest BCUT2D eigenvalue weighted by Crippen LogP contribution is 2.18. The van der Waals surface area contributed by atoms with E-state index in [1.807, 2.05) is 0 Å². The summed E-state index contributed by atoms with van der Waals surface area (Å²) in [5.41, 5.74) is 3.14. The van der Waals surface area contributed by atoms with E-state index in [1.54, 1.807) is 13.2 Å². The fourth-order valence-corrected chi connectivity index (χ4v) is 3.72. The first kappa shape index (κ1) is 18.1. The number of nitrogens with zero attached hydrogens (tertiary/aromatic N) is 3. The van der Waals surface area contributed by atoms with E-state index in [9.17, 15) is 4.79 Å². The molecule has 1 aliphatic rings. The summed E-state index contributed by atoms with van der Waals surface area (Å²) in [6, 6.07) is 8.67. The predicted molar refractivity (Wildman–Crippen MR) is 105 cm³/mol. The lowest BCUT2D eigenvalue weighted by Crippen LogP contribution is -2.24. The van der Waals surface area contributed by atoms with Crippen LogP contribution >= 0.6 is 15.9 Å². The van der Waals surface area contributed by atoms with Crippen molar-refractivity contribution in [2.75, 3.05) is 18.4 Å². The third-order valence-corrected chi connectivity index (χ3v) is 5.42. The molecule has 0 aliphatic carbocycles. The van der Waals surface area contributed by atoms with Gasteiger partial charge in [-0.3, -0.25) is 9.69 Å². The summed E-state index contributed by atoms with van der Waals surface area (Å²) >= 11 is 3.35. The van der Waals surface area contributed by atoms with Crippen molar-refractivity contribution < 1.29 is 0 Å². The maximum atomic E-state index is 11.9. The van der Waals surface area contributed by atoms with Crippen LogP contribution in [-0.2, 0) is 20.1 Å². The van der Waals surface area contributed by atoms with Gasteiger partial charge in [0.15, 0.2) is 0 Å². The second kappa shape index (κ2) is 8.63. The Morgan fingerprint density at radius 2 is 1.88 bits per heavy atom. The quantitative estimate of drug-likeness (QED) is 0.827. The van der Waals surface area contributed by atoms with Gasteiger partial charge >= 0.3 is 0 Å². The number of rotatable bonds is 5. The molecule has 1 N–H and O–H groups in total. The predicted octanol–water partition coefficient (Wildman–Crippen LogP) is 3.53. The number of aromatic nitrogens is 2. The minimum atomic E-state index is -0.139. The maximum absolute atomic E-state index is 11.9. The average Bonchev–Trinajstić information content (AvgIpc) is 2.88. The van der Waals surface area contributed by atoms with Crippen LogP contribution in [0.4, 0.5) is 5.69 Å². The van der Waals surface area contributed by atoms with Crippen LogP contribution in [0.2, 0.25) is 0 Å². The van der Waals surface area contributed by atoms with E-state index in [0.29, 0.717) is 11.0 Å². The largest absolute Gasteiger partial charge is 0.379 e. The molecule has 6 heteroatoms. The van der Waals surface area contributed by atoms with E-state index in [4.69, 9.17) is 0 Å². The van der Waals surface area contributed by atoms with Gasteiger partial charge in [0.1, 0.15) is 4.47 Å². The van der Waals surface area contributed by atoms with Crippen molar-refractivity contribution in [2.24, 2.45) is 7.05 Å². The summed E-state index contributed by atoms with van der Waals surface area (Å²) in [4.78, 5) is 14.5. The molecule has 1 aliphatic heterocycles. The highest BCUT2D eigenvalue weighted by molar-refractivity contribution is 9.10. The van der Waals surface area contributed by atoms with E-state index in [-0.39, 0.29) is 5.56 Å². The van der Waals surface area contributed by atoms with E-state index in [2.05, 4.69) is 55.5 Å². The minimum Gasteiger partial charge on any atom is -0.379 e. The van der Waals surface area contributed by atoms with Gasteiger partial charge in [-0.2, -0.15) is 5.10 Å². The topological polar surface area (TPSA) is 50.2 Å². The maximum Gasteiger partial charge on any atom is 0.282 e. The smallest absolute Gasteiger partial charge is 0.282 e. The van der Waals surface area contributed by atoms with Crippen LogP contribution in [0.3, 0.4) is 0 Å². The van der Waals surface area contributed by atoms with Gasteiger partial charge in [0.25, 0.3) is 5.56 Å². The molecule has 0 saturated carbocycles. The second-order valence-corrected chi connectivity index (χ2v) is 7.46. The molecule has 1 fully saturated rings. The Bertz CT molecular complexity index is 766. The summed E-state index contributed by atoms with van der Waals surface area (Å²) < 4.78 is 1.84. The van der Waals surface area contributed by atoms with Crippen LogP contribution in [0.25, 0.3) is 0 Å². The standard InChI is InChI=1S/C19H25BrN4O/c1-23-19(25)18(20)17(13-22-23)21-12-15-7-6-8-16(11-15)14-24-9-4-2-3-5-10-24/h6-8,11,13,21H,2-5,9-10,12,14H2,1H3. The first-order valence-corrected chi connectivity index (χ1v) is 9.68. The Hall–Kier alpha value is -1.66. The number of benzene rings is 1. The SMILES string of the molecule is Cn1ncc(NCc2cccc(CN3CCCCCC3)c2)c(Br)c1=O. The highest BCUT2D eigenvalue weighted by atomic mass is 79.9. The number of hydrogen-bond donors (Lipinski definition) is 1. The second-order valence-electron chi connectivity index (χ2n) is 6.66. The molecule has 0 amide bonds. The Morgan fingerprint density at radius 1 is 1.16 bits per heavy atom. The van der Waals surface area contributed by atoms with Gasteiger partial charge in [0.05, 0.1) is 11.9 Å². The number of anilines is 1. The lowest BCUT2D eigenvalue weighted by atomic mass is 10.1. The highest BCUT2D eigenvalue weighted by Gasteiger charge is 2.10. The molecule has 25 heavy (non-hydrogen) atoms. The van der Waals surface area contributed by atoms with E-state index >= 15 is 0 Å². The summed E-state index contributed by atoms with van der Waals surface area (Å²) in [6.45, 7) is 4.09. The number of halogens is 1. The van der Waals surface area contributed by atoms with E-state index in [0.717, 1.165) is 12.2 Å². The number of nitrogens with one attached hydrogen (secondary N) is 1. The molecule has 2 aromatic rings. The van der Waals surface area contributed by atoms with E-state index < -0.39 is 0 Å². The first-order valence-electron chi connectivity index (χ1n) is 8.89. The molecule has 0 bridgehead atoms. The molecule has 3 rings (SSSR count). The number of aryl methyl sites for hydroxylation is 1. The van der Waals surface area contributed by atoms with Gasteiger partial charge in [-0.25, -0.2) is 4.68 Å². The molecule has 0 atom stereocenters. The molecule has 0 unspecified atom stereocenters. The van der Waals surface area contributed by atoms with Gasteiger partial charge in [0, 0.05) is 20.1 Å². The molecule has 134 valence electrons. The summed E-state index contributed by atoms with van der Waals surface area (Å²) in [6.07, 6.45) is 7.02. The summed E-state index contributed by atoms with van der Waals surface area (Å²) in [5, 5.41) is 7.36. The van der Waals surface area contributed by atoms with Crippen LogP contribution in [0.1, 0.15) is 36.8 Å². The molecule has 1 aromatic carbocycles. The molecule has 2 heterocycles. The van der Waals surface area contributed by atoms with Crippen molar-refractivity contribution in [3.63, 3.8) is 0 Å². The zero-order chi connectivity index (χ0) is 17.6. The summed E-state index contributed by atoms with van der Waals surface area (Å²) in [7, 11) is 1.64. The van der Waals surface area contributed by atoms with Crippen LogP contribution in [0.15, 0.2) is 39.7 Å². The molecular weight excluding hydrogens is 380 g/mol. The van der Waals surface area contributed by atoms with Gasteiger partial charge in [-0.15, -0.1) is 0 Å². The number of hydrogen-bond acceptors (Lipinski definition) is 4. The van der Waals surface area contributed by atoms with Crippen LogP contribution in [-0.4, -0.2) is 27.8 Å². The van der Waals surface area contributed by atoms with Crippen molar-refractivity contribution in [3.05, 3.63) is 56.4 Å². The third kappa shape index (κ3) is 4.92. The molecule has 0 radical (unpaired) electrons. The number of likely N-dealkylation sites (tertiary alicyclic amines) is 1. The monoisotopic (exact) mass is 404 g/mol.